The van der Waals surface area contributed by atoms with Gasteiger partial charge in [-0.2, -0.15) is 13.2 Å². The summed E-state index contributed by atoms with van der Waals surface area (Å²) < 4.78 is 39.4. The molecule has 3 N–H and O–H groups in total. The zero-order chi connectivity index (χ0) is 22.2. The van der Waals surface area contributed by atoms with E-state index in [1.165, 1.54) is 0 Å². The monoisotopic (exact) mass is 428 g/mol. The Hall–Kier alpha value is -3.16. The van der Waals surface area contributed by atoms with Gasteiger partial charge in [-0.1, -0.05) is 18.2 Å². The molecule has 1 aliphatic rings. The molecule has 2 heterocycles. The van der Waals surface area contributed by atoms with Gasteiger partial charge in [0.1, 0.15) is 11.5 Å². The summed E-state index contributed by atoms with van der Waals surface area (Å²) in [5.74, 6) is -0.212. The normalized spacial score (nSPS) is 19.4. The van der Waals surface area contributed by atoms with Crippen molar-refractivity contribution in [3.63, 3.8) is 0 Å². The van der Waals surface area contributed by atoms with Crippen molar-refractivity contribution in [1.29, 1.82) is 0 Å². The number of nitrogens with zero attached hydrogens (tertiary/aromatic N) is 2. The minimum absolute atomic E-state index is 0.0660. The number of carbonyl (C=O) groups excluding carboxylic acids is 1. The predicted octanol–water partition coefficient (Wildman–Crippen LogP) is 5.19. The molecule has 1 aromatic carbocycles. The summed E-state index contributed by atoms with van der Waals surface area (Å²) >= 11 is 0. The van der Waals surface area contributed by atoms with Crippen LogP contribution < -0.4 is 11.1 Å². The van der Waals surface area contributed by atoms with Crippen molar-refractivity contribution in [2.45, 2.75) is 50.7 Å². The summed E-state index contributed by atoms with van der Waals surface area (Å²) in [6.07, 6.45) is -1.89. The molecule has 0 aliphatic heterocycles. The zero-order valence-corrected chi connectivity index (χ0v) is 17.0. The van der Waals surface area contributed by atoms with Gasteiger partial charge in [-0.15, -0.1) is 0 Å². The third-order valence-corrected chi connectivity index (χ3v) is 5.87. The van der Waals surface area contributed by atoms with Gasteiger partial charge in [-0.05, 0) is 62.4 Å². The van der Waals surface area contributed by atoms with Gasteiger partial charge in [0.05, 0.1) is 16.8 Å². The summed E-state index contributed by atoms with van der Waals surface area (Å²) in [5, 5.41) is 4.56. The Kier molecular flexibility index (Phi) is 5.56. The molecule has 162 valence electrons. The van der Waals surface area contributed by atoms with Gasteiger partial charge in [0, 0.05) is 17.3 Å². The number of benzene rings is 1. The molecule has 31 heavy (non-hydrogen) atoms. The highest BCUT2D eigenvalue weighted by molar-refractivity contribution is 5.94. The maximum atomic E-state index is 13.1. The van der Waals surface area contributed by atoms with Crippen molar-refractivity contribution in [1.82, 2.24) is 9.97 Å². The minimum Gasteiger partial charge on any atom is -0.367 e. The third-order valence-electron chi connectivity index (χ3n) is 5.87. The number of pyridine rings is 2. The lowest BCUT2D eigenvalue weighted by Gasteiger charge is -2.30. The van der Waals surface area contributed by atoms with Crippen LogP contribution in [0.4, 0.5) is 19.0 Å². The lowest BCUT2D eigenvalue weighted by atomic mass is 9.82. The number of nitrogens with two attached hydrogens (primary N) is 1. The van der Waals surface area contributed by atoms with Crippen molar-refractivity contribution < 1.29 is 18.0 Å². The van der Waals surface area contributed by atoms with Gasteiger partial charge in [0.15, 0.2) is 0 Å². The second-order valence-electron chi connectivity index (χ2n) is 8.03. The van der Waals surface area contributed by atoms with E-state index in [1.54, 1.807) is 0 Å². The van der Waals surface area contributed by atoms with Crippen LogP contribution in [0.15, 0.2) is 42.5 Å². The van der Waals surface area contributed by atoms with Gasteiger partial charge in [-0.3, -0.25) is 4.79 Å². The fourth-order valence-corrected chi connectivity index (χ4v) is 4.30. The van der Waals surface area contributed by atoms with E-state index < -0.39 is 17.8 Å². The summed E-state index contributed by atoms with van der Waals surface area (Å²) in [4.78, 5) is 20.2. The first-order valence-corrected chi connectivity index (χ1v) is 10.2. The number of hydrogen-bond donors (Lipinski definition) is 2. The summed E-state index contributed by atoms with van der Waals surface area (Å²) in [7, 11) is 0. The molecule has 1 amide bonds. The highest BCUT2D eigenvalue weighted by Crippen LogP contribution is 2.37. The Labute approximate surface area is 177 Å². The first-order valence-electron chi connectivity index (χ1n) is 10.2. The first-order chi connectivity index (χ1) is 14.7. The van der Waals surface area contributed by atoms with Crippen molar-refractivity contribution in [3.05, 3.63) is 65.0 Å². The quantitative estimate of drug-likeness (QED) is 0.599. The van der Waals surface area contributed by atoms with Crippen LogP contribution in [-0.2, 0) is 6.18 Å². The minimum atomic E-state index is -4.57. The van der Waals surface area contributed by atoms with Crippen LogP contribution in [0.1, 0.15) is 58.9 Å². The standard InChI is InChI=1S/C23H23F3N4O/c1-13-12-20(29-18-5-3-2-4-16(13)18)28-15-8-6-14(7-9-15)21-17(22(27)31)10-11-19(30-21)23(24,25)26/h2-5,10-12,14-15H,6-9H2,1H3,(H2,27,31)(H,28,29). The van der Waals surface area contributed by atoms with Crippen LogP contribution in [-0.4, -0.2) is 21.9 Å². The van der Waals surface area contributed by atoms with Gasteiger partial charge >= 0.3 is 6.18 Å². The van der Waals surface area contributed by atoms with E-state index in [9.17, 15) is 18.0 Å². The molecule has 0 bridgehead atoms. The van der Waals surface area contributed by atoms with Crippen LogP contribution in [0, 0.1) is 6.92 Å². The van der Waals surface area contributed by atoms with Crippen molar-refractivity contribution in [3.8, 4) is 0 Å². The van der Waals surface area contributed by atoms with Crippen LogP contribution >= 0.6 is 0 Å². The molecule has 1 fully saturated rings. The highest BCUT2D eigenvalue weighted by Gasteiger charge is 2.35. The number of carbonyl (C=O) groups is 1. The number of nitrogens with one attached hydrogen (secondary N) is 1. The van der Waals surface area contributed by atoms with E-state index in [0.29, 0.717) is 12.8 Å². The number of fused-ring (bicyclic) bond motifs is 1. The number of aryl methyl sites for hydroxylation is 1. The van der Waals surface area contributed by atoms with E-state index in [4.69, 9.17) is 5.73 Å². The Morgan fingerprint density at radius 3 is 2.45 bits per heavy atom. The number of primary amides is 1. The van der Waals surface area contributed by atoms with Crippen molar-refractivity contribution >= 4 is 22.6 Å². The number of hydrogen-bond acceptors (Lipinski definition) is 4. The van der Waals surface area contributed by atoms with Gasteiger partial charge < -0.3 is 11.1 Å². The number of halogens is 3. The molecular formula is C23H23F3N4O. The number of aromatic nitrogens is 2. The average Bonchev–Trinajstić information content (AvgIpc) is 2.73. The van der Waals surface area contributed by atoms with Crippen LogP contribution in [0.3, 0.4) is 0 Å². The summed E-state index contributed by atoms with van der Waals surface area (Å²) in [6.45, 7) is 2.04. The number of rotatable bonds is 4. The Morgan fingerprint density at radius 1 is 1.06 bits per heavy atom. The van der Waals surface area contributed by atoms with E-state index in [0.717, 1.165) is 47.3 Å². The van der Waals surface area contributed by atoms with Gasteiger partial charge in [-0.25, -0.2) is 9.97 Å². The molecule has 8 heteroatoms. The smallest absolute Gasteiger partial charge is 0.367 e. The molecule has 2 aromatic heterocycles. The molecule has 1 aliphatic carbocycles. The van der Waals surface area contributed by atoms with E-state index in [2.05, 4.69) is 15.3 Å². The number of alkyl halides is 3. The molecule has 3 aromatic rings. The maximum absolute atomic E-state index is 13.1. The lowest BCUT2D eigenvalue weighted by molar-refractivity contribution is -0.141. The summed E-state index contributed by atoms with van der Waals surface area (Å²) in [6, 6.07) is 12.0. The lowest BCUT2D eigenvalue weighted by Crippen LogP contribution is -2.28. The predicted molar refractivity (Wildman–Crippen MR) is 113 cm³/mol. The van der Waals surface area contributed by atoms with Crippen molar-refractivity contribution in [2.24, 2.45) is 5.73 Å². The van der Waals surface area contributed by atoms with Crippen molar-refractivity contribution in [2.75, 3.05) is 5.32 Å². The molecular weight excluding hydrogens is 405 g/mol. The van der Waals surface area contributed by atoms with Crippen LogP contribution in [0.25, 0.3) is 10.9 Å². The zero-order valence-electron chi connectivity index (χ0n) is 17.0. The second kappa shape index (κ2) is 8.17. The van der Waals surface area contributed by atoms with Gasteiger partial charge in [0.25, 0.3) is 5.91 Å². The third kappa shape index (κ3) is 4.47. The Balaban J connectivity index is 1.50. The molecule has 5 nitrogen and oxygen atoms in total. The van der Waals surface area contributed by atoms with E-state index in [1.807, 2.05) is 37.3 Å². The van der Waals surface area contributed by atoms with Crippen LogP contribution in [0.5, 0.6) is 0 Å². The fraction of sp³-hybridized carbons (Fsp3) is 0.348. The molecule has 0 spiro atoms. The molecule has 1 saturated carbocycles. The fourth-order valence-electron chi connectivity index (χ4n) is 4.30. The first kappa shape index (κ1) is 21.1. The average molecular weight is 428 g/mol. The molecule has 0 unspecified atom stereocenters. The molecule has 0 atom stereocenters. The number of amides is 1. The van der Waals surface area contributed by atoms with Gasteiger partial charge in [0.2, 0.25) is 0 Å². The SMILES string of the molecule is Cc1cc(NC2CCC(c3nc(C(F)(F)F)ccc3C(N)=O)CC2)nc2ccccc12. The largest absolute Gasteiger partial charge is 0.433 e. The number of para-hydroxylation sites is 1. The molecule has 0 saturated heterocycles. The Bertz CT molecular complexity index is 1120. The highest BCUT2D eigenvalue weighted by atomic mass is 19.4. The Morgan fingerprint density at radius 2 is 1.77 bits per heavy atom. The van der Waals surface area contributed by atoms with Crippen LogP contribution in [0.2, 0.25) is 0 Å². The van der Waals surface area contributed by atoms with E-state index >= 15 is 0 Å². The maximum Gasteiger partial charge on any atom is 0.433 e. The van der Waals surface area contributed by atoms with E-state index in [-0.39, 0.29) is 23.2 Å². The number of anilines is 1. The topological polar surface area (TPSA) is 80.9 Å². The second-order valence-corrected chi connectivity index (χ2v) is 8.03. The summed E-state index contributed by atoms with van der Waals surface area (Å²) in [5.41, 5.74) is 6.65. The molecule has 0 radical (unpaired) electrons. The molecule has 4 rings (SSSR count).